The zero-order valence-electron chi connectivity index (χ0n) is 12.7. The van der Waals surface area contributed by atoms with E-state index in [0.29, 0.717) is 24.3 Å². The van der Waals surface area contributed by atoms with Gasteiger partial charge in [0.1, 0.15) is 12.4 Å². The number of ether oxygens (including phenoxy) is 1. The molecule has 0 heterocycles. The van der Waals surface area contributed by atoms with Gasteiger partial charge in [0.2, 0.25) is 0 Å². The van der Waals surface area contributed by atoms with Crippen molar-refractivity contribution in [3.05, 3.63) is 77.9 Å². The second kappa shape index (κ2) is 6.67. The highest BCUT2D eigenvalue weighted by atomic mass is 16.5. The molecule has 23 heavy (non-hydrogen) atoms. The summed E-state index contributed by atoms with van der Waals surface area (Å²) in [4.78, 5) is 12.4. The van der Waals surface area contributed by atoms with Gasteiger partial charge in [-0.3, -0.25) is 4.79 Å². The molecule has 2 aromatic carbocycles. The van der Waals surface area contributed by atoms with Gasteiger partial charge in [0.25, 0.3) is 5.91 Å². The number of aliphatic hydroxyl groups excluding tert-OH is 1. The van der Waals surface area contributed by atoms with Crippen LogP contribution in [0.15, 0.2) is 61.2 Å². The molecule has 4 heteroatoms. The zero-order chi connectivity index (χ0) is 16.2. The number of fused-ring (bicyclic) bond motifs is 1. The largest absolute Gasteiger partial charge is 0.490 e. The molecule has 4 nitrogen and oxygen atoms in total. The third-order valence-electron chi connectivity index (χ3n) is 3.97. The number of amides is 1. The van der Waals surface area contributed by atoms with Crippen molar-refractivity contribution in [3.8, 4) is 5.75 Å². The first-order valence-corrected chi connectivity index (χ1v) is 7.59. The van der Waals surface area contributed by atoms with Crippen molar-refractivity contribution in [1.29, 1.82) is 0 Å². The molecule has 0 spiro atoms. The molecule has 0 aliphatic heterocycles. The summed E-state index contributed by atoms with van der Waals surface area (Å²) in [6, 6.07) is 14.3. The van der Waals surface area contributed by atoms with Gasteiger partial charge >= 0.3 is 0 Å². The highest BCUT2D eigenvalue weighted by molar-refractivity contribution is 5.94. The minimum atomic E-state index is -0.591. The highest BCUT2D eigenvalue weighted by Crippen LogP contribution is 2.31. The minimum Gasteiger partial charge on any atom is -0.490 e. The van der Waals surface area contributed by atoms with Crippen molar-refractivity contribution in [2.75, 3.05) is 6.61 Å². The fourth-order valence-electron chi connectivity index (χ4n) is 2.83. The van der Waals surface area contributed by atoms with Crippen LogP contribution in [-0.2, 0) is 6.42 Å². The second-order valence-corrected chi connectivity index (χ2v) is 5.55. The molecule has 2 aromatic rings. The second-order valence-electron chi connectivity index (χ2n) is 5.55. The lowest BCUT2D eigenvalue weighted by Crippen LogP contribution is -2.33. The van der Waals surface area contributed by atoms with Crippen LogP contribution in [0.1, 0.15) is 27.5 Å². The topological polar surface area (TPSA) is 58.6 Å². The summed E-state index contributed by atoms with van der Waals surface area (Å²) in [5.41, 5.74) is 2.60. The van der Waals surface area contributed by atoms with Gasteiger partial charge in [-0.05, 0) is 35.4 Å². The Balaban J connectivity index is 1.71. The van der Waals surface area contributed by atoms with Gasteiger partial charge < -0.3 is 15.2 Å². The Hall–Kier alpha value is -2.59. The van der Waals surface area contributed by atoms with E-state index in [9.17, 15) is 9.90 Å². The number of rotatable bonds is 5. The first-order valence-electron chi connectivity index (χ1n) is 7.59. The van der Waals surface area contributed by atoms with E-state index >= 15 is 0 Å². The van der Waals surface area contributed by atoms with Gasteiger partial charge in [0, 0.05) is 12.0 Å². The quantitative estimate of drug-likeness (QED) is 0.835. The van der Waals surface area contributed by atoms with Crippen LogP contribution in [0.5, 0.6) is 5.75 Å². The third-order valence-corrected chi connectivity index (χ3v) is 3.97. The van der Waals surface area contributed by atoms with E-state index in [1.165, 1.54) is 0 Å². The van der Waals surface area contributed by atoms with E-state index in [-0.39, 0.29) is 11.9 Å². The van der Waals surface area contributed by atoms with Gasteiger partial charge in [0.15, 0.2) is 0 Å². The van der Waals surface area contributed by atoms with Crippen LogP contribution in [0.4, 0.5) is 0 Å². The summed E-state index contributed by atoms with van der Waals surface area (Å²) in [6.45, 7) is 4.02. The average molecular weight is 309 g/mol. The predicted molar refractivity (Wildman–Crippen MR) is 88.5 cm³/mol. The van der Waals surface area contributed by atoms with Gasteiger partial charge in [-0.1, -0.05) is 36.9 Å². The molecule has 0 bridgehead atoms. The maximum atomic E-state index is 12.4. The van der Waals surface area contributed by atoms with Crippen LogP contribution >= 0.6 is 0 Å². The number of aliphatic hydroxyl groups is 1. The van der Waals surface area contributed by atoms with E-state index in [4.69, 9.17) is 4.74 Å². The lowest BCUT2D eigenvalue weighted by atomic mass is 10.1. The first-order chi connectivity index (χ1) is 11.2. The summed E-state index contributed by atoms with van der Waals surface area (Å²) in [5, 5.41) is 13.1. The van der Waals surface area contributed by atoms with Crippen molar-refractivity contribution >= 4 is 5.91 Å². The summed E-state index contributed by atoms with van der Waals surface area (Å²) in [7, 11) is 0. The van der Waals surface area contributed by atoms with Gasteiger partial charge in [0.05, 0.1) is 12.1 Å². The maximum Gasteiger partial charge on any atom is 0.251 e. The molecule has 2 atom stereocenters. The van der Waals surface area contributed by atoms with E-state index in [0.717, 1.165) is 11.1 Å². The summed E-state index contributed by atoms with van der Waals surface area (Å²) < 4.78 is 5.40. The molecule has 0 fully saturated rings. The molecule has 1 aliphatic carbocycles. The fourth-order valence-corrected chi connectivity index (χ4v) is 2.83. The lowest BCUT2D eigenvalue weighted by Gasteiger charge is -2.18. The number of nitrogens with one attached hydrogen (secondary N) is 1. The minimum absolute atomic E-state index is 0.207. The molecule has 118 valence electrons. The molecule has 2 unspecified atom stereocenters. The molecule has 0 saturated carbocycles. The maximum absolute atomic E-state index is 12.4. The van der Waals surface area contributed by atoms with Crippen LogP contribution < -0.4 is 10.1 Å². The Morgan fingerprint density at radius 3 is 2.74 bits per heavy atom. The van der Waals surface area contributed by atoms with Crippen molar-refractivity contribution in [2.45, 2.75) is 18.6 Å². The zero-order valence-corrected chi connectivity index (χ0v) is 12.7. The van der Waals surface area contributed by atoms with E-state index in [2.05, 4.69) is 11.9 Å². The molecular weight excluding hydrogens is 290 g/mol. The first kappa shape index (κ1) is 15.3. The highest BCUT2D eigenvalue weighted by Gasteiger charge is 2.31. The Kier molecular flexibility index (Phi) is 4.44. The Morgan fingerprint density at radius 2 is 2.00 bits per heavy atom. The van der Waals surface area contributed by atoms with Crippen LogP contribution in [0.2, 0.25) is 0 Å². The lowest BCUT2D eigenvalue weighted by molar-refractivity contribution is 0.0858. The van der Waals surface area contributed by atoms with Gasteiger partial charge in [-0.15, -0.1) is 0 Å². The Labute approximate surface area is 135 Å². The SMILES string of the molecule is C=CCOc1ccc(C(=O)NC2c3ccccc3CC2O)cc1. The van der Waals surface area contributed by atoms with Crippen LogP contribution in [0.3, 0.4) is 0 Å². The number of carbonyl (C=O) groups excluding carboxylic acids is 1. The standard InChI is InChI=1S/C19H19NO3/c1-2-11-23-15-9-7-13(8-10-15)19(22)20-18-16-6-4-3-5-14(16)12-17(18)21/h2-10,17-18,21H,1,11-12H2,(H,20,22). The molecular formula is C19H19NO3. The van der Waals surface area contributed by atoms with Crippen molar-refractivity contribution < 1.29 is 14.6 Å². The van der Waals surface area contributed by atoms with Gasteiger partial charge in [-0.25, -0.2) is 0 Å². The van der Waals surface area contributed by atoms with Gasteiger partial charge in [-0.2, -0.15) is 0 Å². The molecule has 1 amide bonds. The third kappa shape index (κ3) is 3.27. The van der Waals surface area contributed by atoms with Crippen molar-refractivity contribution in [3.63, 3.8) is 0 Å². The average Bonchev–Trinajstić information content (AvgIpc) is 2.89. The number of hydrogen-bond donors (Lipinski definition) is 2. The molecule has 2 N–H and O–H groups in total. The summed E-state index contributed by atoms with van der Waals surface area (Å²) >= 11 is 0. The normalized spacial score (nSPS) is 19.0. The fraction of sp³-hybridized carbons (Fsp3) is 0.211. The molecule has 3 rings (SSSR count). The van der Waals surface area contributed by atoms with E-state index in [1.807, 2.05) is 24.3 Å². The van der Waals surface area contributed by atoms with Crippen molar-refractivity contribution in [2.24, 2.45) is 0 Å². The van der Waals surface area contributed by atoms with Crippen LogP contribution in [0, 0.1) is 0 Å². The van der Waals surface area contributed by atoms with Crippen LogP contribution in [0.25, 0.3) is 0 Å². The smallest absolute Gasteiger partial charge is 0.251 e. The van der Waals surface area contributed by atoms with E-state index in [1.54, 1.807) is 30.3 Å². The molecule has 0 saturated heterocycles. The Morgan fingerprint density at radius 1 is 1.26 bits per heavy atom. The van der Waals surface area contributed by atoms with E-state index < -0.39 is 6.10 Å². The molecule has 1 aliphatic rings. The Bertz CT molecular complexity index is 709. The van der Waals surface area contributed by atoms with Crippen molar-refractivity contribution in [1.82, 2.24) is 5.32 Å². The molecule has 0 radical (unpaired) electrons. The van der Waals surface area contributed by atoms with Crippen LogP contribution in [-0.4, -0.2) is 23.7 Å². The summed E-state index contributed by atoms with van der Waals surface area (Å²) in [6.07, 6.45) is 1.64. The monoisotopic (exact) mass is 309 g/mol. The number of carbonyl (C=O) groups is 1. The number of hydrogen-bond acceptors (Lipinski definition) is 3. The number of benzene rings is 2. The predicted octanol–water partition coefficient (Wildman–Crippen LogP) is 2.64. The summed E-state index contributed by atoms with van der Waals surface area (Å²) in [5.74, 6) is 0.480. The molecule has 0 aromatic heterocycles.